The van der Waals surface area contributed by atoms with E-state index >= 15 is 0 Å². The molecule has 58 heteroatoms. The van der Waals surface area contributed by atoms with Gasteiger partial charge in [-0.2, -0.15) is 64.7 Å². The van der Waals surface area contributed by atoms with Crippen molar-refractivity contribution in [3.63, 3.8) is 0 Å². The van der Waals surface area contributed by atoms with E-state index < -0.39 is 284 Å². The Labute approximate surface area is 524 Å². The first-order valence-corrected chi connectivity index (χ1v) is 33.8. The number of rotatable bonds is 28. The highest BCUT2D eigenvalue weighted by atomic mass is 32.3. The van der Waals surface area contributed by atoms with Gasteiger partial charge in [0.2, 0.25) is 0 Å². The lowest BCUT2D eigenvalue weighted by Gasteiger charge is -2.50. The summed E-state index contributed by atoms with van der Waals surface area (Å²) < 4.78 is 278. The zero-order valence-corrected chi connectivity index (χ0v) is 50.6. The van der Waals surface area contributed by atoms with Crippen LogP contribution < -0.4 is 14.2 Å². The largest absolute Gasteiger partial charge is 0.479 e. The molecular formula is C36H59N3O49S6. The molecule has 0 radical (unpaired) electrons. The Morgan fingerprint density at radius 2 is 0.585 bits per heavy atom. The van der Waals surface area contributed by atoms with Gasteiger partial charge in [-0.1, -0.05) is 0 Å². The zero-order chi connectivity index (χ0) is 71.2. The molecular weight excluding hydrogens is 1450 g/mol. The number of hydrogen-bond donors (Lipinski definition) is 23. The second-order valence-electron chi connectivity index (χ2n) is 20.2. The van der Waals surface area contributed by atoms with Crippen LogP contribution in [0.3, 0.4) is 0 Å². The van der Waals surface area contributed by atoms with Gasteiger partial charge < -0.3 is 124 Å². The first-order chi connectivity index (χ1) is 43.0. The van der Waals surface area contributed by atoms with Crippen LogP contribution in [0.5, 0.6) is 0 Å². The molecule has 6 fully saturated rings. The highest BCUT2D eigenvalue weighted by Gasteiger charge is 2.62. The third-order valence-corrected chi connectivity index (χ3v) is 17.0. The molecule has 0 aromatic carbocycles. The van der Waals surface area contributed by atoms with E-state index in [-0.39, 0.29) is 0 Å². The third-order valence-electron chi connectivity index (χ3n) is 13.9. The summed E-state index contributed by atoms with van der Waals surface area (Å²) in [6, 6.07) is -8.10. The molecule has 6 aliphatic heterocycles. The average Bonchev–Trinajstić information content (AvgIpc) is 0.771. The SMILES string of the molecule is O=C(O)[C@@H]1O[C@@H](O)[C@H](OS(=O)(=O)O)[C@@H](O)[C@@H]1O[C@H]1O[C@H](CO)[C@@H](O[C@@H]2O[C@@H](C(=O)O)[C@@H](O[C@H]3O[C@H](CO)[C@@H](O[C@@H]4O[C@@H](C(=O)O)[C@@H](O[C@H]5O[C@H](CO)[C@@H](O)[C@H](O)[C@H]5NS(=O)(=O)O)[C@H](O)[C@H]4OS(=O)(=O)O)[C@H](O)[C@H]3NS(=O)(=O)O)[C@H](O)[C@H]2OS(=O)(=O)O)[C@H](O)[C@H]1NS(=O)(=O)O. The van der Waals surface area contributed by atoms with E-state index in [0.717, 1.165) is 0 Å². The number of aliphatic hydroxyl groups excluding tert-OH is 11. The Kier molecular flexibility index (Phi) is 26.0. The van der Waals surface area contributed by atoms with Gasteiger partial charge in [-0.15, -0.1) is 0 Å². The molecule has 0 aliphatic carbocycles. The summed E-state index contributed by atoms with van der Waals surface area (Å²) in [7, 11) is -34.9. The Morgan fingerprint density at radius 3 is 0.872 bits per heavy atom. The van der Waals surface area contributed by atoms with Crippen LogP contribution in [0.2, 0.25) is 0 Å². The Balaban J connectivity index is 1.32. The molecule has 94 heavy (non-hydrogen) atoms. The van der Waals surface area contributed by atoms with Gasteiger partial charge in [0.1, 0.15) is 110 Å². The number of carboxylic acids is 3. The molecule has 23 N–H and O–H groups in total. The summed E-state index contributed by atoms with van der Waals surface area (Å²) in [5.41, 5.74) is 0. The van der Waals surface area contributed by atoms with Crippen LogP contribution in [0.4, 0.5) is 0 Å². The maximum atomic E-state index is 13.0. The lowest BCUT2D eigenvalue weighted by Crippen LogP contribution is -2.71. The van der Waals surface area contributed by atoms with E-state index in [1.807, 2.05) is 0 Å². The van der Waals surface area contributed by atoms with Crippen LogP contribution in [-0.4, -0.2) is 371 Å². The molecule has 6 rings (SSSR count). The van der Waals surface area contributed by atoms with Crippen molar-refractivity contribution in [1.29, 1.82) is 0 Å². The number of ether oxygens (including phenoxy) is 11. The molecule has 0 aromatic rings. The number of hydrogen-bond acceptors (Lipinski definition) is 40. The average molecular weight is 1510 g/mol. The summed E-state index contributed by atoms with van der Waals surface area (Å²) in [6.07, 6.45) is -74.9. The molecule has 30 atom stereocenters. The normalized spacial score (nSPS) is 42.4. The number of carbonyl (C=O) groups is 3. The lowest BCUT2D eigenvalue weighted by atomic mass is 9.94. The molecule has 0 bridgehead atoms. The molecule has 6 aliphatic rings. The Bertz CT molecular complexity index is 3350. The minimum Gasteiger partial charge on any atom is -0.479 e. The number of aliphatic carboxylic acids is 3. The van der Waals surface area contributed by atoms with Crippen molar-refractivity contribution in [2.75, 3.05) is 19.8 Å². The predicted octanol–water partition coefficient (Wildman–Crippen LogP) is -16.1. The zero-order valence-electron chi connectivity index (χ0n) is 45.7. The van der Waals surface area contributed by atoms with E-state index in [4.69, 9.17) is 52.1 Å². The summed E-state index contributed by atoms with van der Waals surface area (Å²) in [6.45, 7) is -4.48. The van der Waals surface area contributed by atoms with E-state index in [9.17, 15) is 164 Å². The van der Waals surface area contributed by atoms with Crippen molar-refractivity contribution in [1.82, 2.24) is 14.2 Å². The van der Waals surface area contributed by atoms with Crippen LogP contribution in [-0.2, 0) is 141 Å². The molecule has 0 spiro atoms. The lowest BCUT2D eigenvalue weighted by molar-refractivity contribution is -0.375. The molecule has 0 saturated carbocycles. The summed E-state index contributed by atoms with van der Waals surface area (Å²) in [4.78, 5) is 37.9. The van der Waals surface area contributed by atoms with Crippen molar-refractivity contribution in [3.05, 3.63) is 0 Å². The molecule has 6 saturated heterocycles. The maximum absolute atomic E-state index is 13.0. The minimum absolute atomic E-state index is 1.24. The van der Waals surface area contributed by atoms with Gasteiger partial charge in [-0.25, -0.2) is 26.9 Å². The van der Waals surface area contributed by atoms with Gasteiger partial charge >= 0.3 is 80.0 Å². The van der Waals surface area contributed by atoms with Gasteiger partial charge in [0.05, 0.1) is 19.8 Å². The molecule has 6 heterocycles. The van der Waals surface area contributed by atoms with Gasteiger partial charge in [0.25, 0.3) is 0 Å². The van der Waals surface area contributed by atoms with E-state index in [0.29, 0.717) is 0 Å². The second-order valence-corrected chi connectivity index (χ2v) is 26.9. The summed E-state index contributed by atoms with van der Waals surface area (Å²) in [5.74, 6) is -6.92. The van der Waals surface area contributed by atoms with E-state index in [2.05, 4.69) is 12.5 Å². The fourth-order valence-corrected chi connectivity index (χ4v) is 13.3. The highest BCUT2D eigenvalue weighted by Crippen LogP contribution is 2.39. The first kappa shape index (κ1) is 79.7. The second kappa shape index (κ2) is 30.7. The van der Waals surface area contributed by atoms with Crippen molar-refractivity contribution in [3.8, 4) is 0 Å². The minimum atomic E-state index is -6.12. The van der Waals surface area contributed by atoms with Crippen LogP contribution in [0.25, 0.3) is 0 Å². The molecule has 0 unspecified atom stereocenters. The van der Waals surface area contributed by atoms with Crippen molar-refractivity contribution < 1.29 is 228 Å². The third kappa shape index (κ3) is 20.0. The van der Waals surface area contributed by atoms with Crippen LogP contribution in [0, 0.1) is 0 Å². The predicted molar refractivity (Wildman–Crippen MR) is 269 cm³/mol. The quantitative estimate of drug-likeness (QED) is 0.0324. The van der Waals surface area contributed by atoms with Gasteiger partial charge in [-0.3, -0.25) is 27.3 Å². The fourth-order valence-electron chi connectivity index (χ4n) is 10.1. The van der Waals surface area contributed by atoms with Crippen LogP contribution in [0.1, 0.15) is 0 Å². The molecule has 52 nitrogen and oxygen atoms in total. The summed E-state index contributed by atoms with van der Waals surface area (Å²) in [5, 5.41) is 150. The van der Waals surface area contributed by atoms with Gasteiger partial charge in [0, 0.05) is 0 Å². The Morgan fingerprint density at radius 1 is 0.319 bits per heavy atom. The highest BCUT2D eigenvalue weighted by molar-refractivity contribution is 7.84. The number of aliphatic hydroxyl groups is 11. The molecule has 0 amide bonds. The topological polar surface area (TPSA) is 826 Å². The van der Waals surface area contributed by atoms with E-state index in [1.165, 1.54) is 14.2 Å². The Hall–Kier alpha value is -3.25. The molecule has 0 aromatic heterocycles. The van der Waals surface area contributed by atoms with Crippen LogP contribution in [0.15, 0.2) is 0 Å². The summed E-state index contributed by atoms with van der Waals surface area (Å²) >= 11 is 0. The fraction of sp³-hybridized carbons (Fsp3) is 0.917. The van der Waals surface area contributed by atoms with Crippen molar-refractivity contribution in [2.24, 2.45) is 0 Å². The monoisotopic (exact) mass is 1510 g/mol. The molecule has 548 valence electrons. The number of carboxylic acid groups (broad SMARTS) is 3. The van der Waals surface area contributed by atoms with E-state index in [1.54, 1.807) is 0 Å². The van der Waals surface area contributed by atoms with Gasteiger partial charge in [-0.05, 0) is 0 Å². The maximum Gasteiger partial charge on any atom is 0.397 e. The standard InChI is InChI=1S/C36H59N3O49S6/c40-1-4-10(43)11(44)7(37-89(57,58)59)32(75-4)82-20-15(48)23(87-93(69,70)71)35(84-26(20)29(52)53)80-18-6(3-42)77-34(9(13(18)46)39-91(63,64)65)83-21-16(49)24(88-94(72,73)74)36(85-27(21)30(54)55)79-17-5(2-41)76-33(8(12(17)45)38-90(60,61)62)81-19-14(47)22(86-92(66,67)68)31(56)78-25(19)28(50)51/h4-27,31-49,56H,1-3H2,(H,50,51)(H,52,53)(H,54,55)(H,57,58,59)(H,60,61,62)(H,63,64,65)(H,66,67,68)(H,69,70,71)(H,72,73,74)/t4-,5-,6-,7-,8-,9-,10-,11-,12-,13-,14+,15+,16+,17-,18-,19+,20+,21+,22-,23-,24-,25-,26-,27-,31-,32-,33-,34-,35-,36-/m1/s1. The first-order valence-electron chi connectivity index (χ1n) is 25.4. The van der Waals surface area contributed by atoms with Crippen molar-refractivity contribution in [2.45, 2.75) is 184 Å². The van der Waals surface area contributed by atoms with Crippen LogP contribution >= 0.6 is 0 Å². The smallest absolute Gasteiger partial charge is 0.397 e. The van der Waals surface area contributed by atoms with Gasteiger partial charge in [0.15, 0.2) is 74.4 Å². The number of nitrogens with one attached hydrogen (secondary N) is 3. The van der Waals surface area contributed by atoms with Crippen molar-refractivity contribution >= 4 is 80.0 Å².